The SMILES string of the molecule is O=C([O-])c1ccc(CC[P+](c2ccccc2)(c2ccccc2)c2ccccc2)s1. The number of benzene rings is 3. The van der Waals surface area contributed by atoms with Gasteiger partial charge in [0.25, 0.3) is 0 Å². The summed E-state index contributed by atoms with van der Waals surface area (Å²) in [5, 5.41) is 15.2. The molecule has 2 nitrogen and oxygen atoms in total. The highest BCUT2D eigenvalue weighted by atomic mass is 32.1. The quantitative estimate of drug-likeness (QED) is 0.432. The molecule has 0 fully saturated rings. The summed E-state index contributed by atoms with van der Waals surface area (Å²) in [6, 6.07) is 35.8. The average molecular weight is 416 g/mol. The van der Waals surface area contributed by atoms with E-state index < -0.39 is 13.2 Å². The molecule has 144 valence electrons. The highest BCUT2D eigenvalue weighted by Crippen LogP contribution is 2.55. The molecule has 0 radical (unpaired) electrons. The highest BCUT2D eigenvalue weighted by Gasteiger charge is 2.44. The molecule has 0 saturated heterocycles. The van der Waals surface area contributed by atoms with E-state index in [1.54, 1.807) is 6.07 Å². The zero-order valence-electron chi connectivity index (χ0n) is 15.9. The van der Waals surface area contributed by atoms with Gasteiger partial charge in [-0.2, -0.15) is 0 Å². The van der Waals surface area contributed by atoms with E-state index in [1.807, 2.05) is 6.07 Å². The van der Waals surface area contributed by atoms with Crippen LogP contribution in [0.4, 0.5) is 0 Å². The van der Waals surface area contributed by atoms with Gasteiger partial charge in [-0.1, -0.05) is 54.6 Å². The van der Waals surface area contributed by atoms with Crippen molar-refractivity contribution in [2.45, 2.75) is 6.42 Å². The first-order valence-electron chi connectivity index (χ1n) is 9.55. The van der Waals surface area contributed by atoms with Gasteiger partial charge in [-0.3, -0.25) is 0 Å². The second kappa shape index (κ2) is 8.73. The molecule has 0 aliphatic carbocycles. The van der Waals surface area contributed by atoms with Crippen LogP contribution in [0.3, 0.4) is 0 Å². The average Bonchev–Trinajstić information content (AvgIpc) is 3.26. The number of carbonyl (C=O) groups is 1. The van der Waals surface area contributed by atoms with Crippen LogP contribution in [0.1, 0.15) is 14.5 Å². The maximum absolute atomic E-state index is 11.2. The summed E-state index contributed by atoms with van der Waals surface area (Å²) in [5.41, 5.74) is 0. The van der Waals surface area contributed by atoms with Gasteiger partial charge in [0.15, 0.2) is 0 Å². The van der Waals surface area contributed by atoms with E-state index >= 15 is 0 Å². The number of aryl methyl sites for hydroxylation is 1. The molecule has 3 aromatic carbocycles. The molecule has 0 aliphatic heterocycles. The first-order chi connectivity index (χ1) is 14.2. The standard InChI is InChI=1S/C25H21O2PS/c26-25(27)24-17-16-23(29-24)18-19-28(20-10-4-1-5-11-20,21-12-6-2-7-13-21)22-14-8-3-9-15-22/h1-17H,18-19H2. The molecule has 0 aliphatic rings. The van der Waals surface area contributed by atoms with Gasteiger partial charge in [0.1, 0.15) is 23.2 Å². The van der Waals surface area contributed by atoms with Crippen LogP contribution < -0.4 is 21.0 Å². The Kier molecular flexibility index (Phi) is 5.89. The predicted molar refractivity (Wildman–Crippen MR) is 122 cm³/mol. The highest BCUT2D eigenvalue weighted by molar-refractivity contribution is 7.95. The molecule has 0 N–H and O–H groups in total. The molecule has 4 heteroatoms. The zero-order valence-corrected chi connectivity index (χ0v) is 17.6. The van der Waals surface area contributed by atoms with Crippen LogP contribution in [0.25, 0.3) is 0 Å². The van der Waals surface area contributed by atoms with Crippen LogP contribution in [-0.4, -0.2) is 12.1 Å². The summed E-state index contributed by atoms with van der Waals surface area (Å²) in [7, 11) is -1.89. The van der Waals surface area contributed by atoms with Crippen molar-refractivity contribution in [2.75, 3.05) is 6.16 Å². The molecule has 1 heterocycles. The van der Waals surface area contributed by atoms with E-state index in [1.165, 1.54) is 27.3 Å². The van der Waals surface area contributed by atoms with Gasteiger partial charge in [0, 0.05) is 11.3 Å². The van der Waals surface area contributed by atoms with E-state index in [9.17, 15) is 9.90 Å². The van der Waals surface area contributed by atoms with E-state index in [-0.39, 0.29) is 0 Å². The van der Waals surface area contributed by atoms with Gasteiger partial charge in [-0.05, 0) is 48.5 Å². The van der Waals surface area contributed by atoms with Crippen molar-refractivity contribution in [3.8, 4) is 0 Å². The van der Waals surface area contributed by atoms with Crippen molar-refractivity contribution in [1.82, 2.24) is 0 Å². The Hall–Kier alpha value is -2.74. The molecule has 0 saturated carbocycles. The van der Waals surface area contributed by atoms with Crippen molar-refractivity contribution in [2.24, 2.45) is 0 Å². The molecule has 1 aromatic heterocycles. The maximum atomic E-state index is 11.2. The number of thiophene rings is 1. The number of hydrogen-bond donors (Lipinski definition) is 0. The van der Waals surface area contributed by atoms with Gasteiger partial charge in [0.2, 0.25) is 0 Å². The fourth-order valence-corrected chi connectivity index (χ4v) is 9.06. The summed E-state index contributed by atoms with van der Waals surface area (Å²) in [6.07, 6.45) is 1.77. The molecule has 0 atom stereocenters. The van der Waals surface area contributed by atoms with Gasteiger partial charge in [-0.15, -0.1) is 11.3 Å². The third-order valence-corrected chi connectivity index (χ3v) is 10.7. The Bertz CT molecular complexity index is 979. The number of carbonyl (C=O) groups excluding carboxylic acids is 1. The van der Waals surface area contributed by atoms with Crippen LogP contribution in [0.5, 0.6) is 0 Å². The number of carboxylic acids is 1. The summed E-state index contributed by atoms with van der Waals surface area (Å²) >= 11 is 1.32. The molecule has 0 spiro atoms. The Labute approximate surface area is 175 Å². The topological polar surface area (TPSA) is 40.1 Å². The zero-order chi connectivity index (χ0) is 20.1. The molecular formula is C25H21O2PS. The molecule has 29 heavy (non-hydrogen) atoms. The minimum Gasteiger partial charge on any atom is -0.544 e. The molecule has 4 rings (SSSR count). The lowest BCUT2D eigenvalue weighted by Crippen LogP contribution is -2.33. The normalized spacial score (nSPS) is 11.3. The lowest BCUT2D eigenvalue weighted by molar-refractivity contribution is -0.254. The molecule has 0 bridgehead atoms. The first-order valence-corrected chi connectivity index (χ1v) is 12.3. The third-order valence-electron chi connectivity index (χ3n) is 5.15. The monoisotopic (exact) mass is 416 g/mol. The lowest BCUT2D eigenvalue weighted by Gasteiger charge is -2.27. The van der Waals surface area contributed by atoms with Crippen molar-refractivity contribution < 1.29 is 9.90 Å². The van der Waals surface area contributed by atoms with Crippen molar-refractivity contribution in [3.05, 3.63) is 113 Å². The number of rotatable bonds is 7. The van der Waals surface area contributed by atoms with Crippen LogP contribution in [0.2, 0.25) is 0 Å². The summed E-state index contributed by atoms with van der Waals surface area (Å²) < 4.78 is 0. The van der Waals surface area contributed by atoms with E-state index in [0.29, 0.717) is 4.88 Å². The van der Waals surface area contributed by atoms with Gasteiger partial charge in [-0.25, -0.2) is 0 Å². The Balaban J connectivity index is 1.84. The largest absolute Gasteiger partial charge is 0.544 e. The maximum Gasteiger partial charge on any atom is 0.112 e. The summed E-state index contributed by atoms with van der Waals surface area (Å²) in [4.78, 5) is 12.6. The van der Waals surface area contributed by atoms with Crippen LogP contribution in [0.15, 0.2) is 103 Å². The number of hydrogen-bond acceptors (Lipinski definition) is 3. The molecular weight excluding hydrogens is 395 g/mol. The number of carboxylic acid groups (broad SMARTS) is 1. The van der Waals surface area contributed by atoms with Gasteiger partial charge >= 0.3 is 0 Å². The summed E-state index contributed by atoms with van der Waals surface area (Å²) in [6.45, 7) is 0. The van der Waals surface area contributed by atoms with E-state index in [0.717, 1.165) is 17.5 Å². The molecule has 0 unspecified atom stereocenters. The Morgan fingerprint density at radius 2 is 1.14 bits per heavy atom. The predicted octanol–water partition coefficient (Wildman–Crippen LogP) is 3.65. The molecule has 0 amide bonds. The summed E-state index contributed by atoms with van der Waals surface area (Å²) in [5.74, 6) is -1.10. The lowest BCUT2D eigenvalue weighted by atomic mass is 10.3. The first kappa shape index (κ1) is 19.6. The third kappa shape index (κ3) is 4.03. The second-order valence-electron chi connectivity index (χ2n) is 6.84. The van der Waals surface area contributed by atoms with Crippen molar-refractivity contribution >= 4 is 40.5 Å². The van der Waals surface area contributed by atoms with Crippen LogP contribution in [0, 0.1) is 0 Å². The smallest absolute Gasteiger partial charge is 0.112 e. The van der Waals surface area contributed by atoms with E-state index in [2.05, 4.69) is 91.0 Å². The molecule has 4 aromatic rings. The second-order valence-corrected chi connectivity index (χ2v) is 11.6. The fraction of sp³-hybridized carbons (Fsp3) is 0.0800. The minimum absolute atomic E-state index is 0.295. The van der Waals surface area contributed by atoms with Crippen molar-refractivity contribution in [1.29, 1.82) is 0 Å². The van der Waals surface area contributed by atoms with Crippen LogP contribution in [-0.2, 0) is 6.42 Å². The van der Waals surface area contributed by atoms with Crippen LogP contribution >= 0.6 is 18.6 Å². The van der Waals surface area contributed by atoms with Crippen molar-refractivity contribution in [3.63, 3.8) is 0 Å². The number of aromatic carboxylic acids is 1. The fourth-order valence-electron chi connectivity index (χ4n) is 3.78. The minimum atomic E-state index is -1.89. The van der Waals surface area contributed by atoms with Gasteiger partial charge in [0.05, 0.1) is 17.0 Å². The van der Waals surface area contributed by atoms with E-state index in [4.69, 9.17) is 0 Å². The van der Waals surface area contributed by atoms with Gasteiger partial charge < -0.3 is 9.90 Å². The Morgan fingerprint density at radius 1 is 0.690 bits per heavy atom. The Morgan fingerprint density at radius 3 is 1.52 bits per heavy atom.